The topological polar surface area (TPSA) is 35.8 Å². The van der Waals surface area contributed by atoms with Gasteiger partial charge in [-0.2, -0.15) is 13.2 Å². The minimum atomic E-state index is -4.65. The molecule has 0 N–H and O–H groups in total. The van der Waals surface area contributed by atoms with Crippen LogP contribution in [-0.4, -0.2) is 17.5 Å². The molecule has 10 heteroatoms. The van der Waals surface area contributed by atoms with Gasteiger partial charge < -0.3 is 14.0 Å². The second-order valence-electron chi connectivity index (χ2n) is 6.44. The van der Waals surface area contributed by atoms with Crippen LogP contribution in [0.5, 0.6) is 11.5 Å². The Morgan fingerprint density at radius 3 is 2.69 bits per heavy atom. The van der Waals surface area contributed by atoms with Crippen LogP contribution in [0.3, 0.4) is 0 Å². The van der Waals surface area contributed by atoms with Crippen LogP contribution in [0.4, 0.5) is 22.0 Å². The number of fused-ring (bicyclic) bond motifs is 1. The summed E-state index contributed by atoms with van der Waals surface area (Å²) in [7, 11) is 1.33. The fraction of sp³-hybridized carbons (Fsp3) is 0.316. The molecule has 0 bridgehead atoms. The third kappa shape index (κ3) is 4.31. The minimum Gasteiger partial charge on any atom is -0.486 e. The highest BCUT2D eigenvalue weighted by molar-refractivity contribution is 9.10. The quantitative estimate of drug-likeness (QED) is 0.447. The van der Waals surface area contributed by atoms with Gasteiger partial charge >= 0.3 is 6.18 Å². The van der Waals surface area contributed by atoms with E-state index in [1.807, 2.05) is 0 Å². The molecular weight excluding hydrogens is 463 g/mol. The number of ether oxygens (including phenoxy) is 2. The van der Waals surface area contributed by atoms with Gasteiger partial charge in [0.2, 0.25) is 6.36 Å². The second kappa shape index (κ2) is 7.81. The minimum absolute atomic E-state index is 0.0311. The number of hydrogen-bond acceptors (Lipinski definition) is 3. The van der Waals surface area contributed by atoms with Crippen LogP contribution in [0.2, 0.25) is 0 Å². The molecule has 0 spiro atoms. The van der Waals surface area contributed by atoms with Crippen molar-refractivity contribution < 1.29 is 31.4 Å². The first-order valence-corrected chi connectivity index (χ1v) is 9.19. The summed E-state index contributed by atoms with van der Waals surface area (Å²) in [4.78, 5) is 4.43. The van der Waals surface area contributed by atoms with Crippen molar-refractivity contribution in [1.29, 1.82) is 0 Å². The van der Waals surface area contributed by atoms with E-state index in [0.717, 1.165) is 17.7 Å². The zero-order chi connectivity index (χ0) is 21.5. The van der Waals surface area contributed by atoms with Gasteiger partial charge in [0.1, 0.15) is 12.6 Å². The van der Waals surface area contributed by atoms with Gasteiger partial charge in [-0.1, -0.05) is 12.6 Å². The number of benzene rings is 1. The molecule has 4 nitrogen and oxygen atoms in total. The van der Waals surface area contributed by atoms with E-state index < -0.39 is 35.7 Å². The summed E-state index contributed by atoms with van der Waals surface area (Å²) in [6, 6.07) is 2.90. The molecule has 0 amide bonds. The van der Waals surface area contributed by atoms with E-state index in [-0.39, 0.29) is 22.3 Å². The van der Waals surface area contributed by atoms with E-state index in [9.17, 15) is 22.0 Å². The number of nitrogens with zero attached hydrogens (tertiary/aromatic N) is 2. The molecule has 1 aliphatic rings. The van der Waals surface area contributed by atoms with E-state index >= 15 is 0 Å². The Morgan fingerprint density at radius 1 is 1.38 bits per heavy atom. The molecule has 156 valence electrons. The van der Waals surface area contributed by atoms with Gasteiger partial charge in [0.15, 0.2) is 22.8 Å². The molecule has 0 saturated heterocycles. The van der Waals surface area contributed by atoms with E-state index in [4.69, 9.17) is 9.47 Å². The van der Waals surface area contributed by atoms with E-state index in [0.29, 0.717) is 17.2 Å². The summed E-state index contributed by atoms with van der Waals surface area (Å²) in [5, 5.41) is 0. The third-order valence-corrected chi connectivity index (χ3v) is 4.82. The SMILES string of the molecule is C=C1COc2c(ccc(Br)c2F)C1/N=c1/c(OC(C)F)cc(C(F)(F)F)cn1C. The van der Waals surface area contributed by atoms with Crippen molar-refractivity contribution in [2.45, 2.75) is 25.5 Å². The third-order valence-electron chi connectivity index (χ3n) is 4.21. The Kier molecular flexibility index (Phi) is 5.75. The van der Waals surface area contributed by atoms with Crippen LogP contribution in [-0.2, 0) is 13.2 Å². The molecule has 0 saturated carbocycles. The van der Waals surface area contributed by atoms with Crippen LogP contribution in [0.25, 0.3) is 0 Å². The summed E-state index contributed by atoms with van der Waals surface area (Å²) in [5.74, 6) is -1.05. The average molecular weight is 479 g/mol. The van der Waals surface area contributed by atoms with Crippen molar-refractivity contribution >= 4 is 15.9 Å². The lowest BCUT2D eigenvalue weighted by Gasteiger charge is -2.26. The Bertz CT molecular complexity index is 1030. The Hall–Kier alpha value is -2.36. The van der Waals surface area contributed by atoms with Crippen molar-refractivity contribution in [3.05, 3.63) is 63.5 Å². The van der Waals surface area contributed by atoms with E-state index in [1.54, 1.807) is 6.07 Å². The predicted molar refractivity (Wildman–Crippen MR) is 98.7 cm³/mol. The lowest BCUT2D eigenvalue weighted by atomic mass is 9.97. The molecule has 1 aromatic heterocycles. The predicted octanol–water partition coefficient (Wildman–Crippen LogP) is 5.23. The lowest BCUT2D eigenvalue weighted by molar-refractivity contribution is -0.138. The Balaban J connectivity index is 2.23. The smallest absolute Gasteiger partial charge is 0.417 e. The fourth-order valence-corrected chi connectivity index (χ4v) is 3.23. The molecule has 0 fully saturated rings. The van der Waals surface area contributed by atoms with Crippen molar-refractivity contribution in [2.24, 2.45) is 12.0 Å². The maximum atomic E-state index is 14.4. The molecule has 2 heterocycles. The highest BCUT2D eigenvalue weighted by atomic mass is 79.9. The van der Waals surface area contributed by atoms with Crippen LogP contribution < -0.4 is 15.0 Å². The molecule has 1 aliphatic heterocycles. The fourth-order valence-electron chi connectivity index (χ4n) is 2.91. The molecule has 2 aromatic rings. The number of alkyl halides is 4. The van der Waals surface area contributed by atoms with Crippen molar-refractivity contribution in [3.8, 4) is 11.5 Å². The van der Waals surface area contributed by atoms with Crippen LogP contribution in [0.15, 0.2) is 46.0 Å². The number of hydrogen-bond donors (Lipinski definition) is 0. The van der Waals surface area contributed by atoms with Gasteiger partial charge in [0.05, 0.1) is 10.0 Å². The standard InChI is InChI=1S/C19H16BrF5N2O2/c1-9-8-28-17-12(4-5-13(20)15(17)22)16(9)26-18-14(29-10(2)21)6-11(7-27(18)3)19(23,24)25/h4-7,10,16H,1,8H2,2-3H3/b26-18-. The highest BCUT2D eigenvalue weighted by Gasteiger charge is 2.33. The van der Waals surface area contributed by atoms with Gasteiger partial charge in [0, 0.05) is 25.7 Å². The Morgan fingerprint density at radius 2 is 2.07 bits per heavy atom. The van der Waals surface area contributed by atoms with Crippen LogP contribution in [0.1, 0.15) is 24.1 Å². The van der Waals surface area contributed by atoms with Crippen molar-refractivity contribution in [1.82, 2.24) is 4.57 Å². The maximum absolute atomic E-state index is 14.4. The van der Waals surface area contributed by atoms with Crippen molar-refractivity contribution in [3.63, 3.8) is 0 Å². The summed E-state index contributed by atoms with van der Waals surface area (Å²) in [5.41, 5.74) is -0.264. The van der Waals surface area contributed by atoms with Gasteiger partial charge in [0.25, 0.3) is 0 Å². The van der Waals surface area contributed by atoms with Crippen molar-refractivity contribution in [2.75, 3.05) is 6.61 Å². The number of halogens is 6. The van der Waals surface area contributed by atoms with Gasteiger partial charge in [-0.3, -0.25) is 4.99 Å². The molecule has 3 rings (SSSR count). The Labute approximate surface area is 171 Å². The number of pyridine rings is 1. The first kappa shape index (κ1) is 21.4. The lowest BCUT2D eigenvalue weighted by Crippen LogP contribution is -2.27. The number of aryl methyl sites for hydroxylation is 1. The first-order valence-electron chi connectivity index (χ1n) is 8.40. The number of aromatic nitrogens is 1. The summed E-state index contributed by atoms with van der Waals surface area (Å²) >= 11 is 3.07. The van der Waals surface area contributed by atoms with E-state index in [2.05, 4.69) is 27.5 Å². The summed E-state index contributed by atoms with van der Waals surface area (Å²) in [6.45, 7) is 4.87. The molecule has 1 aromatic carbocycles. The van der Waals surface area contributed by atoms with Gasteiger partial charge in [-0.25, -0.2) is 8.78 Å². The van der Waals surface area contributed by atoms with Crippen LogP contribution in [0, 0.1) is 5.82 Å². The van der Waals surface area contributed by atoms with Gasteiger partial charge in [-0.05, 0) is 33.6 Å². The molecule has 2 atom stereocenters. The zero-order valence-electron chi connectivity index (χ0n) is 15.4. The molecular formula is C19H16BrF5N2O2. The second-order valence-corrected chi connectivity index (χ2v) is 7.30. The maximum Gasteiger partial charge on any atom is 0.417 e. The monoisotopic (exact) mass is 478 g/mol. The highest BCUT2D eigenvalue weighted by Crippen LogP contribution is 2.41. The van der Waals surface area contributed by atoms with Gasteiger partial charge in [-0.15, -0.1) is 0 Å². The largest absolute Gasteiger partial charge is 0.486 e. The molecule has 0 aliphatic carbocycles. The first-order chi connectivity index (χ1) is 13.5. The van der Waals surface area contributed by atoms with Crippen LogP contribution >= 0.6 is 15.9 Å². The molecule has 0 radical (unpaired) electrons. The molecule has 29 heavy (non-hydrogen) atoms. The summed E-state index contributed by atoms with van der Waals surface area (Å²) in [6.07, 6.45) is -5.70. The zero-order valence-corrected chi connectivity index (χ0v) is 16.9. The normalized spacial score (nSPS) is 18.3. The van der Waals surface area contributed by atoms with E-state index in [1.165, 1.54) is 13.1 Å². The average Bonchev–Trinajstić information content (AvgIpc) is 2.61. The summed E-state index contributed by atoms with van der Waals surface area (Å²) < 4.78 is 78.9. The molecule has 2 unspecified atom stereocenters. The number of rotatable bonds is 3.